The summed E-state index contributed by atoms with van der Waals surface area (Å²) in [6.07, 6.45) is 2.92. The number of β-amino-alcohol motifs (C(OH)–C–C–N with tert-alkyl or cyclic N) is 1. The molecule has 1 aliphatic heterocycles. The van der Waals surface area contributed by atoms with Gasteiger partial charge in [-0.1, -0.05) is 13.3 Å². The first-order valence-electron chi connectivity index (χ1n) is 5.72. The van der Waals surface area contributed by atoms with Crippen LogP contribution in [-0.4, -0.2) is 33.7 Å². The van der Waals surface area contributed by atoms with Gasteiger partial charge in [-0.2, -0.15) is 0 Å². The minimum Gasteiger partial charge on any atom is -0.386 e. The zero-order chi connectivity index (χ0) is 13.3. The molecule has 0 spiro atoms. The van der Waals surface area contributed by atoms with E-state index in [2.05, 4.69) is 20.9 Å². The number of anilines is 1. The van der Waals surface area contributed by atoms with Crippen molar-refractivity contribution in [1.82, 2.24) is 4.98 Å². The Hall–Kier alpha value is -1.21. The summed E-state index contributed by atoms with van der Waals surface area (Å²) in [7, 11) is 0. The molecule has 98 valence electrons. The summed E-state index contributed by atoms with van der Waals surface area (Å²) < 4.78 is 0.579. The largest absolute Gasteiger partial charge is 0.386 e. The predicted octanol–water partition coefficient (Wildman–Crippen LogP) is 2.10. The van der Waals surface area contributed by atoms with E-state index in [4.69, 9.17) is 0 Å². The molecule has 2 rings (SSSR count). The summed E-state index contributed by atoms with van der Waals surface area (Å²) in [6.45, 7) is 3.06. The van der Waals surface area contributed by atoms with Crippen LogP contribution in [-0.2, 0) is 0 Å². The van der Waals surface area contributed by atoms with Crippen LogP contribution in [0.25, 0.3) is 0 Å². The fourth-order valence-electron chi connectivity index (χ4n) is 2.19. The second kappa shape index (κ2) is 4.81. The van der Waals surface area contributed by atoms with Crippen molar-refractivity contribution < 1.29 is 10.0 Å². The highest BCUT2D eigenvalue weighted by molar-refractivity contribution is 9.10. The highest BCUT2D eigenvalue weighted by atomic mass is 79.9. The van der Waals surface area contributed by atoms with E-state index in [9.17, 15) is 15.2 Å². The lowest BCUT2D eigenvalue weighted by molar-refractivity contribution is -0.385. The third-order valence-corrected chi connectivity index (χ3v) is 3.59. The Bertz CT molecular complexity index is 475. The molecule has 2 heterocycles. The fraction of sp³-hybridized carbons (Fsp3) is 0.545. The van der Waals surface area contributed by atoms with Crippen LogP contribution >= 0.6 is 15.9 Å². The maximum Gasteiger partial charge on any atom is 0.288 e. The highest BCUT2D eigenvalue weighted by Crippen LogP contribution is 2.35. The van der Waals surface area contributed by atoms with E-state index in [1.807, 2.05) is 11.8 Å². The molecule has 0 atom stereocenters. The number of nitrogens with zero attached hydrogens (tertiary/aromatic N) is 3. The van der Waals surface area contributed by atoms with Crippen LogP contribution in [0, 0.1) is 10.1 Å². The van der Waals surface area contributed by atoms with Crippen molar-refractivity contribution >= 4 is 27.4 Å². The first kappa shape index (κ1) is 13.2. The van der Waals surface area contributed by atoms with E-state index >= 15 is 0 Å². The van der Waals surface area contributed by atoms with Crippen LogP contribution in [0.5, 0.6) is 0 Å². The molecule has 0 radical (unpaired) electrons. The smallest absolute Gasteiger partial charge is 0.288 e. The third-order valence-electron chi connectivity index (χ3n) is 3.00. The van der Waals surface area contributed by atoms with Crippen molar-refractivity contribution in [2.75, 3.05) is 18.0 Å². The Morgan fingerprint density at radius 3 is 2.83 bits per heavy atom. The second-order valence-electron chi connectivity index (χ2n) is 4.59. The minimum absolute atomic E-state index is 0.0463. The van der Waals surface area contributed by atoms with E-state index in [0.717, 1.165) is 12.8 Å². The normalized spacial score (nSPS) is 17.4. The van der Waals surface area contributed by atoms with E-state index in [-0.39, 0.29) is 5.69 Å². The number of aromatic nitrogens is 1. The van der Waals surface area contributed by atoms with Gasteiger partial charge in [0.05, 0.1) is 28.1 Å². The van der Waals surface area contributed by atoms with Crippen LogP contribution in [0.1, 0.15) is 19.8 Å². The standard InChI is InChI=1S/C11H14BrN3O3/c1-2-3-11(16)6-14(7-11)10-9(12)4-8(5-13-10)15(17)18/h4-5,16H,2-3,6-7H2,1H3. The molecule has 1 aromatic rings. The maximum atomic E-state index is 10.6. The first-order valence-corrected chi connectivity index (χ1v) is 6.52. The number of nitro groups is 1. The van der Waals surface area contributed by atoms with Crippen molar-refractivity contribution in [3.63, 3.8) is 0 Å². The third kappa shape index (κ3) is 2.46. The average molecular weight is 316 g/mol. The molecule has 0 amide bonds. The van der Waals surface area contributed by atoms with Gasteiger partial charge in [0, 0.05) is 6.07 Å². The summed E-state index contributed by atoms with van der Waals surface area (Å²) in [5.41, 5.74) is -0.688. The summed E-state index contributed by atoms with van der Waals surface area (Å²) in [6, 6.07) is 1.43. The Balaban J connectivity index is 2.10. The van der Waals surface area contributed by atoms with E-state index < -0.39 is 10.5 Å². The quantitative estimate of drug-likeness (QED) is 0.680. The number of aliphatic hydroxyl groups is 1. The lowest BCUT2D eigenvalue weighted by Gasteiger charge is -2.47. The van der Waals surface area contributed by atoms with Gasteiger partial charge in [0.15, 0.2) is 0 Å². The maximum absolute atomic E-state index is 10.6. The molecule has 18 heavy (non-hydrogen) atoms. The lowest BCUT2D eigenvalue weighted by Crippen LogP contribution is -2.62. The molecular formula is C11H14BrN3O3. The zero-order valence-corrected chi connectivity index (χ0v) is 11.6. The molecule has 1 N–H and O–H groups in total. The summed E-state index contributed by atoms with van der Waals surface area (Å²) in [5.74, 6) is 0.640. The molecule has 7 heteroatoms. The number of hydrogen-bond donors (Lipinski definition) is 1. The summed E-state index contributed by atoms with van der Waals surface area (Å²) in [5, 5.41) is 20.7. The van der Waals surface area contributed by atoms with E-state index in [0.29, 0.717) is 23.4 Å². The van der Waals surface area contributed by atoms with Gasteiger partial charge in [-0.25, -0.2) is 4.98 Å². The first-order chi connectivity index (χ1) is 8.45. The summed E-state index contributed by atoms with van der Waals surface area (Å²) in [4.78, 5) is 16.1. The Morgan fingerprint density at radius 2 is 2.33 bits per heavy atom. The SMILES string of the molecule is CCCC1(O)CN(c2ncc([N+](=O)[O-])cc2Br)C1. The Kier molecular flexibility index (Phi) is 3.54. The highest BCUT2D eigenvalue weighted by Gasteiger charge is 2.41. The predicted molar refractivity (Wildman–Crippen MR) is 70.7 cm³/mol. The van der Waals surface area contributed by atoms with Gasteiger partial charge in [-0.15, -0.1) is 0 Å². The molecule has 0 bridgehead atoms. The van der Waals surface area contributed by atoms with Gasteiger partial charge in [-0.05, 0) is 22.4 Å². The van der Waals surface area contributed by atoms with Gasteiger partial charge < -0.3 is 10.0 Å². The number of pyridine rings is 1. The Morgan fingerprint density at radius 1 is 1.67 bits per heavy atom. The van der Waals surface area contributed by atoms with Crippen LogP contribution in [0.3, 0.4) is 0 Å². The van der Waals surface area contributed by atoms with E-state index in [1.165, 1.54) is 12.3 Å². The van der Waals surface area contributed by atoms with Crippen LogP contribution in [0.4, 0.5) is 11.5 Å². The molecule has 1 saturated heterocycles. The number of halogens is 1. The monoisotopic (exact) mass is 315 g/mol. The van der Waals surface area contributed by atoms with Crippen LogP contribution in [0.15, 0.2) is 16.7 Å². The minimum atomic E-state index is -0.641. The van der Waals surface area contributed by atoms with Gasteiger partial charge in [0.2, 0.25) is 0 Å². The lowest BCUT2D eigenvalue weighted by atomic mass is 9.89. The Labute approximate surface area is 113 Å². The van der Waals surface area contributed by atoms with Crippen molar-refractivity contribution in [2.45, 2.75) is 25.4 Å². The molecule has 1 aromatic heterocycles. The second-order valence-corrected chi connectivity index (χ2v) is 5.44. The number of hydrogen-bond acceptors (Lipinski definition) is 5. The molecule has 0 unspecified atom stereocenters. The van der Waals surface area contributed by atoms with Crippen molar-refractivity contribution in [3.05, 3.63) is 26.9 Å². The average Bonchev–Trinajstić information content (AvgIpc) is 2.26. The molecule has 0 aliphatic carbocycles. The molecule has 1 aliphatic rings. The van der Waals surface area contributed by atoms with Crippen molar-refractivity contribution in [2.24, 2.45) is 0 Å². The van der Waals surface area contributed by atoms with Crippen LogP contribution in [0.2, 0.25) is 0 Å². The molecular weight excluding hydrogens is 302 g/mol. The zero-order valence-electron chi connectivity index (χ0n) is 9.97. The fourth-order valence-corrected chi connectivity index (χ4v) is 2.78. The van der Waals surface area contributed by atoms with Gasteiger partial charge in [0.25, 0.3) is 5.69 Å². The van der Waals surface area contributed by atoms with Gasteiger partial charge in [0.1, 0.15) is 12.0 Å². The topological polar surface area (TPSA) is 79.5 Å². The van der Waals surface area contributed by atoms with Gasteiger partial charge in [-0.3, -0.25) is 10.1 Å². The van der Waals surface area contributed by atoms with Crippen molar-refractivity contribution in [1.29, 1.82) is 0 Å². The van der Waals surface area contributed by atoms with Crippen LogP contribution < -0.4 is 4.90 Å². The molecule has 6 nitrogen and oxygen atoms in total. The van der Waals surface area contributed by atoms with Crippen molar-refractivity contribution in [3.8, 4) is 0 Å². The molecule has 1 fully saturated rings. The molecule has 0 saturated carbocycles. The number of rotatable bonds is 4. The molecule has 0 aromatic carbocycles. The van der Waals surface area contributed by atoms with E-state index in [1.54, 1.807) is 0 Å². The van der Waals surface area contributed by atoms with Gasteiger partial charge >= 0.3 is 0 Å². The summed E-state index contributed by atoms with van der Waals surface area (Å²) >= 11 is 3.28.